The molecule has 4 saturated heterocycles. The highest BCUT2D eigenvalue weighted by Crippen LogP contribution is 2.50. The molecule has 264 valence electrons. The lowest BCUT2D eigenvalue weighted by molar-refractivity contribution is -0.134. The first-order chi connectivity index (χ1) is 24.2. The second-order valence-electron chi connectivity index (χ2n) is 16.6. The normalized spacial score (nSPS) is 28.5. The molecule has 6 aliphatic rings. The van der Waals surface area contributed by atoms with Gasteiger partial charge in [-0.2, -0.15) is 0 Å². The highest BCUT2D eigenvalue weighted by atomic mass is 19.1. The number of carbonyl (C=O) groups excluding carboxylic acids is 1. The number of carbonyl (C=O) groups is 1. The second-order valence-corrected chi connectivity index (χ2v) is 16.6. The van der Waals surface area contributed by atoms with Crippen molar-refractivity contribution in [3.63, 3.8) is 0 Å². The fourth-order valence-electron chi connectivity index (χ4n) is 10.1. The Kier molecular flexibility index (Phi) is 7.83. The molecule has 1 aromatic carbocycles. The molecule has 9 rings (SSSR count). The molecule has 50 heavy (non-hydrogen) atoms. The summed E-state index contributed by atoms with van der Waals surface area (Å²) in [5.41, 5.74) is 2.43. The summed E-state index contributed by atoms with van der Waals surface area (Å²) in [6.07, 6.45) is 12.6. The van der Waals surface area contributed by atoms with E-state index in [-0.39, 0.29) is 16.6 Å². The Morgan fingerprint density at radius 3 is 2.54 bits per heavy atom. The lowest BCUT2D eigenvalue weighted by Gasteiger charge is -2.57. The molecule has 0 N–H and O–H groups in total. The van der Waals surface area contributed by atoms with Crippen LogP contribution in [0.4, 0.5) is 10.2 Å². The predicted molar refractivity (Wildman–Crippen MR) is 186 cm³/mol. The van der Waals surface area contributed by atoms with Crippen LogP contribution in [0, 0.1) is 28.5 Å². The van der Waals surface area contributed by atoms with Crippen molar-refractivity contribution in [3.8, 4) is 22.8 Å². The molecule has 2 atom stereocenters. The van der Waals surface area contributed by atoms with Crippen molar-refractivity contribution in [1.29, 1.82) is 0 Å². The average Bonchev–Trinajstić information content (AvgIpc) is 3.59. The zero-order valence-corrected chi connectivity index (χ0v) is 29.5. The molecule has 11 nitrogen and oxygen atoms in total. The van der Waals surface area contributed by atoms with Crippen LogP contribution in [0.5, 0.6) is 11.6 Å². The molecule has 2 spiro atoms. The maximum absolute atomic E-state index is 14.6. The van der Waals surface area contributed by atoms with Crippen LogP contribution in [-0.4, -0.2) is 111 Å². The molecular formula is C38H48FN9O2. The number of aromatic nitrogens is 5. The number of nitrogens with zero attached hydrogens (tertiary/aromatic N) is 9. The van der Waals surface area contributed by atoms with Crippen molar-refractivity contribution in [1.82, 2.24) is 39.8 Å². The van der Waals surface area contributed by atoms with Gasteiger partial charge in [0.15, 0.2) is 5.82 Å². The van der Waals surface area contributed by atoms with Gasteiger partial charge < -0.3 is 14.5 Å². The Morgan fingerprint density at radius 1 is 0.960 bits per heavy atom. The maximum Gasteiger partial charge on any atom is 0.282 e. The van der Waals surface area contributed by atoms with Crippen LogP contribution >= 0.6 is 0 Å². The van der Waals surface area contributed by atoms with Gasteiger partial charge in [-0.1, -0.05) is 13.8 Å². The zero-order chi connectivity index (χ0) is 34.2. The molecular weight excluding hydrogens is 633 g/mol. The van der Waals surface area contributed by atoms with Crippen LogP contribution < -0.4 is 9.64 Å². The minimum atomic E-state index is -0.346. The van der Waals surface area contributed by atoms with Crippen LogP contribution in [0.1, 0.15) is 70.4 Å². The summed E-state index contributed by atoms with van der Waals surface area (Å²) < 4.78 is 21.0. The predicted octanol–water partition coefficient (Wildman–Crippen LogP) is 5.01. The third-order valence-electron chi connectivity index (χ3n) is 12.9. The first-order valence-corrected chi connectivity index (χ1v) is 18.6. The molecule has 3 aromatic rings. The van der Waals surface area contributed by atoms with Crippen LogP contribution in [-0.2, 0) is 4.79 Å². The van der Waals surface area contributed by atoms with Gasteiger partial charge >= 0.3 is 0 Å². The van der Waals surface area contributed by atoms with Crippen molar-refractivity contribution >= 4 is 11.7 Å². The number of rotatable bonds is 9. The smallest absolute Gasteiger partial charge is 0.282 e. The van der Waals surface area contributed by atoms with Gasteiger partial charge in [-0.25, -0.2) is 19.3 Å². The van der Waals surface area contributed by atoms with Gasteiger partial charge in [0.25, 0.3) is 5.88 Å². The third kappa shape index (κ3) is 5.53. The minimum Gasteiger partial charge on any atom is -0.434 e. The number of anilines is 1. The fourth-order valence-corrected chi connectivity index (χ4v) is 10.1. The van der Waals surface area contributed by atoms with Gasteiger partial charge in [0.2, 0.25) is 5.91 Å². The lowest BCUT2D eigenvalue weighted by Crippen LogP contribution is -2.65. The van der Waals surface area contributed by atoms with E-state index in [1.165, 1.54) is 31.3 Å². The van der Waals surface area contributed by atoms with Gasteiger partial charge in [0, 0.05) is 87.1 Å². The molecule has 6 heterocycles. The molecule has 4 aliphatic heterocycles. The summed E-state index contributed by atoms with van der Waals surface area (Å²) in [6.45, 7) is 11.7. The highest BCUT2D eigenvalue weighted by Gasteiger charge is 2.55. The first kappa shape index (κ1) is 32.2. The summed E-state index contributed by atoms with van der Waals surface area (Å²) in [7, 11) is 1.96. The van der Waals surface area contributed by atoms with E-state index in [1.807, 2.05) is 11.9 Å². The number of likely N-dealkylation sites (tertiary alicyclic amines) is 3. The Labute approximate surface area is 293 Å². The number of hydrogen-bond donors (Lipinski definition) is 0. The standard InChI is InChI=1S/C38H48FN9O2/c1-24(2)33(26-14-28(15-26)46-13-10-38(21-46)9-11-45(3)36(38)49)48-19-37(20-48)8-12-47(18-37)34-35(44-43-23-42-34)50-31-7-6-27(39)16-29(31)30-17-40-22-41-32(30)25-4-5-25/h6-7,16-17,22-26,28,33H,4-5,8-15,18-21H2,1-3H3/t26?,28?,33-,38-/m1/s1. The van der Waals surface area contributed by atoms with Gasteiger partial charge in [-0.15, -0.1) is 10.2 Å². The number of hydrogen-bond acceptors (Lipinski definition) is 10. The Bertz CT molecular complexity index is 1770. The topological polar surface area (TPSA) is 104 Å². The summed E-state index contributed by atoms with van der Waals surface area (Å²) in [5.74, 6) is 3.18. The van der Waals surface area contributed by atoms with Crippen LogP contribution in [0.2, 0.25) is 0 Å². The second kappa shape index (κ2) is 12.2. The fraction of sp³-hybridized carbons (Fsp3) is 0.632. The van der Waals surface area contributed by atoms with Crippen molar-refractivity contribution in [2.75, 3.05) is 57.8 Å². The van der Waals surface area contributed by atoms with Crippen LogP contribution in [0.25, 0.3) is 11.1 Å². The molecule has 2 saturated carbocycles. The molecule has 2 aromatic heterocycles. The van der Waals surface area contributed by atoms with Gasteiger partial charge in [0.05, 0.1) is 11.1 Å². The van der Waals surface area contributed by atoms with Crippen LogP contribution in [0.15, 0.2) is 37.1 Å². The lowest BCUT2D eigenvalue weighted by atomic mass is 9.68. The van der Waals surface area contributed by atoms with Crippen molar-refractivity contribution in [2.45, 2.75) is 76.8 Å². The van der Waals surface area contributed by atoms with Crippen molar-refractivity contribution in [2.24, 2.45) is 22.7 Å². The van der Waals surface area contributed by atoms with E-state index >= 15 is 0 Å². The van der Waals surface area contributed by atoms with Gasteiger partial charge in [-0.05, 0) is 81.5 Å². The summed E-state index contributed by atoms with van der Waals surface area (Å²) in [6, 6.07) is 5.75. The van der Waals surface area contributed by atoms with E-state index in [2.05, 4.69) is 53.7 Å². The van der Waals surface area contributed by atoms with E-state index < -0.39 is 0 Å². The Morgan fingerprint density at radius 2 is 1.78 bits per heavy atom. The maximum atomic E-state index is 14.6. The average molecular weight is 682 g/mol. The summed E-state index contributed by atoms with van der Waals surface area (Å²) >= 11 is 0. The zero-order valence-electron chi connectivity index (χ0n) is 29.5. The third-order valence-corrected chi connectivity index (χ3v) is 12.9. The molecule has 0 unspecified atom stereocenters. The van der Waals surface area contributed by atoms with Crippen LogP contribution in [0.3, 0.4) is 0 Å². The highest BCUT2D eigenvalue weighted by molar-refractivity contribution is 5.85. The number of benzene rings is 1. The van der Waals surface area contributed by atoms with E-state index in [4.69, 9.17) is 4.74 Å². The van der Waals surface area contributed by atoms with E-state index in [0.29, 0.717) is 58.8 Å². The minimum absolute atomic E-state index is 0.114. The summed E-state index contributed by atoms with van der Waals surface area (Å²) in [5, 5.41) is 8.45. The molecule has 12 heteroatoms. The van der Waals surface area contributed by atoms with Gasteiger partial charge in [-0.3, -0.25) is 14.6 Å². The van der Waals surface area contributed by atoms with Gasteiger partial charge in [0.1, 0.15) is 24.2 Å². The molecule has 6 fully saturated rings. The monoisotopic (exact) mass is 681 g/mol. The SMILES string of the molecule is CC(C)[C@H](C1CC(N2CC[C@]3(CCN(C)C3=O)C2)C1)N1CC2(CCN(c3ncnnc3Oc3ccc(F)cc3-c3cncnc3C3CC3)C2)C1. The number of ether oxygens (including phenoxy) is 1. The van der Waals surface area contributed by atoms with Crippen molar-refractivity contribution < 1.29 is 13.9 Å². The van der Waals surface area contributed by atoms with E-state index in [9.17, 15) is 9.18 Å². The molecule has 1 amide bonds. The molecule has 0 bridgehead atoms. The quantitative estimate of drug-likeness (QED) is 0.306. The number of halogens is 1. The first-order valence-electron chi connectivity index (χ1n) is 18.6. The molecule has 0 radical (unpaired) electrons. The van der Waals surface area contributed by atoms with E-state index in [1.54, 1.807) is 18.6 Å². The number of amides is 1. The summed E-state index contributed by atoms with van der Waals surface area (Å²) in [4.78, 5) is 36.0. The van der Waals surface area contributed by atoms with Crippen molar-refractivity contribution in [3.05, 3.63) is 48.6 Å². The van der Waals surface area contributed by atoms with E-state index in [0.717, 1.165) is 89.2 Å². The molecule has 2 aliphatic carbocycles. The largest absolute Gasteiger partial charge is 0.434 e. The Hall–Kier alpha value is -3.77. The Balaban J connectivity index is 0.854.